The van der Waals surface area contributed by atoms with Gasteiger partial charge in [0.25, 0.3) is 0 Å². The van der Waals surface area contributed by atoms with Crippen LogP contribution in [0.4, 0.5) is 0 Å². The normalized spacial score (nSPS) is 14.8. The van der Waals surface area contributed by atoms with E-state index in [9.17, 15) is 5.11 Å². The van der Waals surface area contributed by atoms with Crippen molar-refractivity contribution in [3.63, 3.8) is 0 Å². The average Bonchev–Trinajstić information content (AvgIpc) is 2.36. The minimum Gasteiger partial charge on any atom is -0.496 e. The lowest BCUT2D eigenvalue weighted by atomic mass is 9.83. The van der Waals surface area contributed by atoms with Crippen LogP contribution in [0.25, 0.3) is 10.8 Å². The van der Waals surface area contributed by atoms with Gasteiger partial charge >= 0.3 is 0 Å². The van der Waals surface area contributed by atoms with Gasteiger partial charge in [-0.05, 0) is 18.2 Å². The number of methoxy groups -OCH3 is 1. The lowest BCUT2D eigenvalue weighted by molar-refractivity contribution is 0.00716. The Balaban J connectivity index is 2.73. The van der Waals surface area contributed by atoms with E-state index < -0.39 is 5.60 Å². The molecule has 0 radical (unpaired) electrons. The zero-order chi connectivity index (χ0) is 13.3. The summed E-state index contributed by atoms with van der Waals surface area (Å²) in [6.07, 6.45) is 0. The van der Waals surface area contributed by atoms with Gasteiger partial charge < -0.3 is 9.84 Å². The zero-order valence-electron chi connectivity index (χ0n) is 11.4. The quantitative estimate of drug-likeness (QED) is 0.891. The van der Waals surface area contributed by atoms with Crippen LogP contribution in [0.15, 0.2) is 36.4 Å². The molecule has 2 nitrogen and oxygen atoms in total. The fraction of sp³-hybridized carbons (Fsp3) is 0.375. The predicted octanol–water partition coefficient (Wildman–Crippen LogP) is 3.71. The maximum Gasteiger partial charge on any atom is 0.132 e. The summed E-state index contributed by atoms with van der Waals surface area (Å²) in [6.45, 7) is 5.85. The molecule has 0 aliphatic rings. The minimum atomic E-state index is -0.893. The van der Waals surface area contributed by atoms with Crippen molar-refractivity contribution < 1.29 is 9.84 Å². The van der Waals surface area contributed by atoms with Crippen molar-refractivity contribution in [2.24, 2.45) is 5.92 Å². The van der Waals surface area contributed by atoms with Gasteiger partial charge in [-0.25, -0.2) is 0 Å². The molecule has 96 valence electrons. The second-order valence-electron chi connectivity index (χ2n) is 5.17. The molecule has 1 unspecified atom stereocenters. The van der Waals surface area contributed by atoms with E-state index in [0.717, 1.165) is 22.1 Å². The summed E-state index contributed by atoms with van der Waals surface area (Å²) in [5, 5.41) is 12.8. The number of fused-ring (bicyclic) bond motifs is 1. The molecule has 0 amide bonds. The molecular formula is C16H20O2. The van der Waals surface area contributed by atoms with E-state index >= 15 is 0 Å². The zero-order valence-corrected chi connectivity index (χ0v) is 11.4. The summed E-state index contributed by atoms with van der Waals surface area (Å²) in [6, 6.07) is 12.0. The smallest absolute Gasteiger partial charge is 0.132 e. The standard InChI is InChI=1S/C16H20O2/c1-11(2)16(3,17)14-10-9-12-7-5-6-8-13(12)15(14)18-4/h5-11,17H,1-4H3. The maximum absolute atomic E-state index is 10.7. The summed E-state index contributed by atoms with van der Waals surface area (Å²) in [4.78, 5) is 0. The van der Waals surface area contributed by atoms with Crippen LogP contribution in [-0.4, -0.2) is 12.2 Å². The molecule has 0 saturated heterocycles. The highest BCUT2D eigenvalue weighted by molar-refractivity contribution is 5.89. The Labute approximate surface area is 108 Å². The van der Waals surface area contributed by atoms with Crippen LogP contribution in [-0.2, 0) is 5.60 Å². The highest BCUT2D eigenvalue weighted by Crippen LogP contribution is 2.39. The van der Waals surface area contributed by atoms with Gasteiger partial charge in [0.1, 0.15) is 5.75 Å². The van der Waals surface area contributed by atoms with Crippen molar-refractivity contribution in [3.05, 3.63) is 42.0 Å². The first-order valence-corrected chi connectivity index (χ1v) is 6.27. The van der Waals surface area contributed by atoms with Gasteiger partial charge in [-0.1, -0.05) is 50.2 Å². The molecule has 18 heavy (non-hydrogen) atoms. The SMILES string of the molecule is COc1c(C(C)(O)C(C)C)ccc2ccccc12. The Kier molecular flexibility index (Phi) is 3.31. The molecule has 1 atom stereocenters. The van der Waals surface area contributed by atoms with Crippen LogP contribution < -0.4 is 4.74 Å². The largest absolute Gasteiger partial charge is 0.496 e. The first kappa shape index (κ1) is 12.9. The summed E-state index contributed by atoms with van der Waals surface area (Å²) < 4.78 is 5.54. The number of ether oxygens (including phenoxy) is 1. The number of hydrogen-bond donors (Lipinski definition) is 1. The molecule has 0 spiro atoms. The monoisotopic (exact) mass is 244 g/mol. The Bertz CT molecular complexity index is 556. The molecule has 0 saturated carbocycles. The molecule has 2 aromatic rings. The third-order valence-electron chi connectivity index (χ3n) is 3.75. The predicted molar refractivity (Wildman–Crippen MR) is 74.9 cm³/mol. The van der Waals surface area contributed by atoms with Crippen LogP contribution in [0.5, 0.6) is 5.75 Å². The van der Waals surface area contributed by atoms with Gasteiger partial charge in [0.15, 0.2) is 0 Å². The van der Waals surface area contributed by atoms with Crippen molar-refractivity contribution in [2.75, 3.05) is 7.11 Å². The molecular weight excluding hydrogens is 224 g/mol. The summed E-state index contributed by atoms with van der Waals surface area (Å²) in [5.74, 6) is 0.888. The second kappa shape index (κ2) is 4.62. The molecule has 0 heterocycles. The Hall–Kier alpha value is -1.54. The number of rotatable bonds is 3. The Morgan fingerprint density at radius 1 is 1.11 bits per heavy atom. The summed E-state index contributed by atoms with van der Waals surface area (Å²) in [5.41, 5.74) is -0.0475. The van der Waals surface area contributed by atoms with Gasteiger partial charge in [-0.2, -0.15) is 0 Å². The third-order valence-corrected chi connectivity index (χ3v) is 3.75. The summed E-state index contributed by atoms with van der Waals surface area (Å²) >= 11 is 0. The van der Waals surface area contributed by atoms with Crippen LogP contribution in [0.3, 0.4) is 0 Å². The fourth-order valence-corrected chi connectivity index (χ4v) is 2.17. The second-order valence-corrected chi connectivity index (χ2v) is 5.17. The molecule has 2 rings (SSSR count). The van der Waals surface area contributed by atoms with E-state index in [1.807, 2.05) is 57.2 Å². The maximum atomic E-state index is 10.7. The molecule has 2 aromatic carbocycles. The molecule has 0 bridgehead atoms. The van der Waals surface area contributed by atoms with Gasteiger partial charge in [0.2, 0.25) is 0 Å². The minimum absolute atomic E-state index is 0.118. The van der Waals surface area contributed by atoms with Crippen molar-refractivity contribution in [3.8, 4) is 5.75 Å². The number of benzene rings is 2. The van der Waals surface area contributed by atoms with Crippen LogP contribution in [0, 0.1) is 5.92 Å². The highest BCUT2D eigenvalue weighted by Gasteiger charge is 2.31. The van der Waals surface area contributed by atoms with Gasteiger partial charge in [0, 0.05) is 10.9 Å². The van der Waals surface area contributed by atoms with Crippen LogP contribution in [0.1, 0.15) is 26.3 Å². The van der Waals surface area contributed by atoms with Crippen LogP contribution >= 0.6 is 0 Å². The third kappa shape index (κ3) is 1.97. The van der Waals surface area contributed by atoms with Crippen molar-refractivity contribution in [2.45, 2.75) is 26.4 Å². The molecule has 0 aliphatic carbocycles. The first-order valence-electron chi connectivity index (χ1n) is 6.27. The Morgan fingerprint density at radius 3 is 2.39 bits per heavy atom. The molecule has 1 N–H and O–H groups in total. The van der Waals surface area contributed by atoms with Crippen LogP contribution in [0.2, 0.25) is 0 Å². The van der Waals surface area contributed by atoms with Gasteiger partial charge in [0.05, 0.1) is 12.7 Å². The van der Waals surface area contributed by atoms with E-state index in [1.54, 1.807) is 7.11 Å². The van der Waals surface area contributed by atoms with Gasteiger partial charge in [-0.15, -0.1) is 0 Å². The summed E-state index contributed by atoms with van der Waals surface area (Å²) in [7, 11) is 1.65. The van der Waals surface area contributed by atoms with Crippen molar-refractivity contribution >= 4 is 10.8 Å². The first-order chi connectivity index (χ1) is 8.48. The average molecular weight is 244 g/mol. The highest BCUT2D eigenvalue weighted by atomic mass is 16.5. The van der Waals surface area contributed by atoms with Crippen molar-refractivity contribution in [1.29, 1.82) is 0 Å². The number of aliphatic hydroxyl groups is 1. The fourth-order valence-electron chi connectivity index (χ4n) is 2.17. The van der Waals surface area contributed by atoms with E-state index in [2.05, 4.69) is 0 Å². The van der Waals surface area contributed by atoms with E-state index in [1.165, 1.54) is 0 Å². The van der Waals surface area contributed by atoms with E-state index in [4.69, 9.17) is 4.74 Å². The van der Waals surface area contributed by atoms with E-state index in [-0.39, 0.29) is 5.92 Å². The number of hydrogen-bond acceptors (Lipinski definition) is 2. The molecule has 0 fully saturated rings. The van der Waals surface area contributed by atoms with E-state index in [0.29, 0.717) is 0 Å². The Morgan fingerprint density at radius 2 is 1.78 bits per heavy atom. The van der Waals surface area contributed by atoms with Gasteiger partial charge in [-0.3, -0.25) is 0 Å². The van der Waals surface area contributed by atoms with Crippen molar-refractivity contribution in [1.82, 2.24) is 0 Å². The molecule has 0 aliphatic heterocycles. The molecule has 2 heteroatoms. The lowest BCUT2D eigenvalue weighted by Crippen LogP contribution is -2.28. The molecule has 0 aromatic heterocycles. The topological polar surface area (TPSA) is 29.5 Å². The lowest BCUT2D eigenvalue weighted by Gasteiger charge is -2.30.